The quantitative estimate of drug-likeness (QED) is 0.596. The van der Waals surface area contributed by atoms with Gasteiger partial charge in [0.1, 0.15) is 0 Å². The highest BCUT2D eigenvalue weighted by atomic mass is 32.1. The Kier molecular flexibility index (Phi) is 2.99. The van der Waals surface area contributed by atoms with Gasteiger partial charge in [-0.2, -0.15) is 0 Å². The molecule has 0 amide bonds. The normalized spacial score (nSPS) is 36.8. The second-order valence-electron chi connectivity index (χ2n) is 4.69. The molecule has 0 aromatic rings. The predicted molar refractivity (Wildman–Crippen MR) is 57.5 cm³/mol. The highest BCUT2D eigenvalue weighted by Crippen LogP contribution is 2.46. The van der Waals surface area contributed by atoms with Crippen LogP contribution in [0.25, 0.3) is 0 Å². The molecule has 0 saturated carbocycles. The zero-order valence-corrected chi connectivity index (χ0v) is 9.77. The van der Waals surface area contributed by atoms with Gasteiger partial charge in [-0.25, -0.2) is 8.78 Å². The van der Waals surface area contributed by atoms with E-state index >= 15 is 0 Å². The fraction of sp³-hybridized carbons (Fsp3) is 1.00. The minimum Gasteiger partial charge on any atom is -0.366 e. The number of alkyl halides is 2. The summed E-state index contributed by atoms with van der Waals surface area (Å²) < 4.78 is 32.1. The molecule has 2 fully saturated rings. The summed E-state index contributed by atoms with van der Waals surface area (Å²) >= 11 is 4.11. The van der Waals surface area contributed by atoms with Gasteiger partial charge in [0.05, 0.1) is 24.1 Å². The lowest BCUT2D eigenvalue weighted by Gasteiger charge is -2.31. The summed E-state index contributed by atoms with van der Waals surface area (Å²) in [5.74, 6) is -2.54. The van der Waals surface area contributed by atoms with Crippen LogP contribution in [0.2, 0.25) is 0 Å². The Labute approximate surface area is 94.4 Å². The first-order valence-electron chi connectivity index (χ1n) is 5.36. The van der Waals surface area contributed by atoms with E-state index in [0.29, 0.717) is 6.61 Å². The molecule has 2 rings (SSSR count). The smallest absolute Gasteiger partial charge is 0.262 e. The number of fused-ring (bicyclic) bond motifs is 1. The Hall–Kier alpha value is 0.130. The van der Waals surface area contributed by atoms with Gasteiger partial charge in [0.15, 0.2) is 0 Å². The third-order valence-corrected chi connectivity index (χ3v) is 3.49. The van der Waals surface area contributed by atoms with E-state index in [1.807, 2.05) is 11.8 Å². The van der Waals surface area contributed by atoms with Crippen molar-refractivity contribution in [2.24, 2.45) is 0 Å². The lowest BCUT2D eigenvalue weighted by Crippen LogP contribution is -2.42. The number of thiol groups is 1. The van der Waals surface area contributed by atoms with Crippen molar-refractivity contribution in [3.63, 3.8) is 0 Å². The van der Waals surface area contributed by atoms with Crippen LogP contribution in [0, 0.1) is 0 Å². The Morgan fingerprint density at radius 1 is 1.53 bits per heavy atom. The fourth-order valence-corrected chi connectivity index (χ4v) is 2.82. The van der Waals surface area contributed by atoms with Gasteiger partial charge in [-0.1, -0.05) is 0 Å². The van der Waals surface area contributed by atoms with Gasteiger partial charge in [-0.05, 0) is 26.3 Å². The highest BCUT2D eigenvalue weighted by Gasteiger charge is 2.56. The summed E-state index contributed by atoms with van der Waals surface area (Å²) in [5, 5.41) is 0. The summed E-state index contributed by atoms with van der Waals surface area (Å²) in [6, 6.07) is 0. The van der Waals surface area contributed by atoms with Crippen molar-refractivity contribution in [1.82, 2.24) is 4.90 Å². The van der Waals surface area contributed by atoms with Crippen LogP contribution in [0.3, 0.4) is 0 Å². The Morgan fingerprint density at radius 2 is 2.27 bits per heavy atom. The maximum absolute atomic E-state index is 13.3. The minimum absolute atomic E-state index is 0.0551. The van der Waals surface area contributed by atoms with Crippen molar-refractivity contribution >= 4 is 12.6 Å². The monoisotopic (exact) mass is 237 g/mol. The maximum Gasteiger partial charge on any atom is 0.262 e. The maximum atomic E-state index is 13.3. The number of hydrogen-bond donors (Lipinski definition) is 1. The van der Waals surface area contributed by atoms with Gasteiger partial charge < -0.3 is 4.74 Å². The molecule has 15 heavy (non-hydrogen) atoms. The minimum atomic E-state index is -2.54. The van der Waals surface area contributed by atoms with Crippen molar-refractivity contribution in [2.75, 3.05) is 19.7 Å². The third kappa shape index (κ3) is 2.29. The Bertz CT molecular complexity index is 250. The molecule has 0 spiro atoms. The van der Waals surface area contributed by atoms with Gasteiger partial charge in [-0.15, -0.1) is 12.6 Å². The van der Waals surface area contributed by atoms with Gasteiger partial charge in [0, 0.05) is 6.42 Å². The molecule has 0 aliphatic carbocycles. The average molecular weight is 237 g/mol. The molecule has 88 valence electrons. The van der Waals surface area contributed by atoms with Crippen LogP contribution in [0.4, 0.5) is 8.78 Å². The first-order valence-corrected chi connectivity index (χ1v) is 5.88. The second-order valence-corrected chi connectivity index (χ2v) is 5.42. The van der Waals surface area contributed by atoms with Crippen molar-refractivity contribution < 1.29 is 13.5 Å². The molecule has 2 unspecified atom stereocenters. The van der Waals surface area contributed by atoms with Crippen LogP contribution >= 0.6 is 12.6 Å². The lowest BCUT2D eigenvalue weighted by molar-refractivity contribution is 0.00145. The first kappa shape index (κ1) is 11.6. The number of hydrogen-bond acceptors (Lipinski definition) is 3. The molecule has 0 N–H and O–H groups in total. The zero-order valence-electron chi connectivity index (χ0n) is 8.88. The van der Waals surface area contributed by atoms with Crippen LogP contribution in [0.1, 0.15) is 26.2 Å². The van der Waals surface area contributed by atoms with Crippen LogP contribution in [0.15, 0.2) is 0 Å². The molecular weight excluding hydrogens is 220 g/mol. The molecule has 2 aliphatic rings. The second kappa shape index (κ2) is 3.86. The summed E-state index contributed by atoms with van der Waals surface area (Å²) in [6.45, 7) is 2.87. The van der Waals surface area contributed by atoms with E-state index in [2.05, 4.69) is 12.6 Å². The van der Waals surface area contributed by atoms with E-state index in [9.17, 15) is 8.78 Å². The molecule has 0 aromatic heterocycles. The van der Waals surface area contributed by atoms with Crippen LogP contribution in [-0.4, -0.2) is 41.5 Å². The molecular formula is C10H17F2NOS. The first-order chi connectivity index (χ1) is 6.94. The summed E-state index contributed by atoms with van der Waals surface area (Å²) in [5.41, 5.74) is -0.600. The number of halogens is 2. The summed E-state index contributed by atoms with van der Waals surface area (Å²) in [7, 11) is 0. The van der Waals surface area contributed by atoms with E-state index in [4.69, 9.17) is 4.74 Å². The van der Waals surface area contributed by atoms with Crippen LogP contribution < -0.4 is 0 Å². The molecule has 0 aromatic carbocycles. The number of nitrogens with zero attached hydrogens (tertiary/aromatic N) is 1. The molecule has 2 atom stereocenters. The molecule has 0 bridgehead atoms. The predicted octanol–water partition coefficient (Wildman–Crippen LogP) is 2.15. The van der Waals surface area contributed by atoms with Crippen molar-refractivity contribution in [1.29, 1.82) is 0 Å². The van der Waals surface area contributed by atoms with Crippen LogP contribution in [0.5, 0.6) is 0 Å². The highest BCUT2D eigenvalue weighted by molar-refractivity contribution is 7.80. The molecule has 2 nitrogen and oxygen atoms in total. The van der Waals surface area contributed by atoms with Gasteiger partial charge in [0.25, 0.3) is 5.92 Å². The van der Waals surface area contributed by atoms with E-state index in [1.165, 1.54) is 0 Å². The Morgan fingerprint density at radius 3 is 2.93 bits per heavy atom. The van der Waals surface area contributed by atoms with Gasteiger partial charge in [0.2, 0.25) is 0 Å². The standard InChI is InChI=1S/C10H17F2NOS/c1-8(15)14-7-9-3-2-4-13(9)6-10(11,12)5-9/h8,15H,2-7H2,1H3. The van der Waals surface area contributed by atoms with Crippen molar-refractivity contribution in [2.45, 2.75) is 43.1 Å². The van der Waals surface area contributed by atoms with E-state index in [0.717, 1.165) is 19.4 Å². The average Bonchev–Trinajstić information content (AvgIpc) is 2.53. The summed E-state index contributed by atoms with van der Waals surface area (Å²) in [4.78, 5) is 1.89. The van der Waals surface area contributed by atoms with E-state index in [-0.39, 0.29) is 18.4 Å². The van der Waals surface area contributed by atoms with Gasteiger partial charge >= 0.3 is 0 Å². The van der Waals surface area contributed by atoms with E-state index in [1.54, 1.807) is 0 Å². The van der Waals surface area contributed by atoms with Crippen molar-refractivity contribution in [3.8, 4) is 0 Å². The lowest BCUT2D eigenvalue weighted by atomic mass is 9.94. The molecule has 5 heteroatoms. The Balaban J connectivity index is 2.04. The topological polar surface area (TPSA) is 12.5 Å². The molecule has 2 saturated heterocycles. The van der Waals surface area contributed by atoms with Crippen molar-refractivity contribution in [3.05, 3.63) is 0 Å². The van der Waals surface area contributed by atoms with Gasteiger partial charge in [-0.3, -0.25) is 4.90 Å². The zero-order chi connectivity index (χ0) is 11.1. The fourth-order valence-electron chi connectivity index (χ4n) is 2.75. The number of rotatable bonds is 3. The summed E-state index contributed by atoms with van der Waals surface area (Å²) in [6.07, 6.45) is 1.77. The molecule has 2 aliphatic heterocycles. The van der Waals surface area contributed by atoms with E-state index < -0.39 is 11.5 Å². The molecule has 2 heterocycles. The third-order valence-electron chi connectivity index (χ3n) is 3.34. The SMILES string of the molecule is CC(S)OCC12CCCN1CC(F)(F)C2. The largest absolute Gasteiger partial charge is 0.366 e. The number of ether oxygens (including phenoxy) is 1. The van der Waals surface area contributed by atoms with Crippen LogP contribution in [-0.2, 0) is 4.74 Å². The molecule has 0 radical (unpaired) electrons.